The van der Waals surface area contributed by atoms with E-state index in [9.17, 15) is 4.79 Å². The normalized spacial score (nSPS) is 24.2. The minimum Gasteiger partial charge on any atom is -0.497 e. The van der Waals surface area contributed by atoms with Gasteiger partial charge in [-0.2, -0.15) is 0 Å². The van der Waals surface area contributed by atoms with Crippen LogP contribution in [0.15, 0.2) is 78.2 Å². The van der Waals surface area contributed by atoms with Crippen LogP contribution < -0.4 is 5.32 Å². The molecule has 6 nitrogen and oxygen atoms in total. The van der Waals surface area contributed by atoms with Gasteiger partial charge in [0.2, 0.25) is 0 Å². The maximum Gasteiger partial charge on any atom is 0.410 e. The lowest BCUT2D eigenvalue weighted by Gasteiger charge is -2.36. The monoisotopic (exact) mass is 547 g/mol. The molecular weight excluding hydrogens is 498 g/mol. The van der Waals surface area contributed by atoms with Gasteiger partial charge in [-0.1, -0.05) is 56.0 Å². The molecule has 1 N–H and O–H groups in total. The molecule has 0 saturated carbocycles. The SMILES string of the molecule is C=C1N(CC2=CC=C(OC)C=CC2)CCC12CCNCC2.C[C@H]1CN(C(=O)OC(C)(C)C)C[C@@H]1c1ccccc1. The molecule has 0 bridgehead atoms. The van der Waals surface area contributed by atoms with E-state index >= 15 is 0 Å². The van der Waals surface area contributed by atoms with Gasteiger partial charge in [0.25, 0.3) is 0 Å². The molecule has 218 valence electrons. The van der Waals surface area contributed by atoms with Crippen molar-refractivity contribution in [3.8, 4) is 0 Å². The second-order valence-corrected chi connectivity index (χ2v) is 12.7. The number of allylic oxidation sites excluding steroid dienone is 5. The molecule has 1 spiro atoms. The van der Waals surface area contributed by atoms with Crippen LogP contribution in [0.5, 0.6) is 0 Å². The summed E-state index contributed by atoms with van der Waals surface area (Å²) in [5.41, 5.74) is 4.06. The number of piperidine rings is 1. The summed E-state index contributed by atoms with van der Waals surface area (Å²) in [6, 6.07) is 10.4. The number of nitrogens with one attached hydrogen (secondary N) is 1. The smallest absolute Gasteiger partial charge is 0.410 e. The van der Waals surface area contributed by atoms with Gasteiger partial charge < -0.3 is 24.6 Å². The molecule has 1 aliphatic carbocycles. The number of amides is 1. The Balaban J connectivity index is 0.000000186. The number of nitrogens with zero attached hydrogens (tertiary/aromatic N) is 2. The van der Waals surface area contributed by atoms with E-state index in [1.165, 1.54) is 36.1 Å². The fourth-order valence-corrected chi connectivity index (χ4v) is 6.31. The van der Waals surface area contributed by atoms with Gasteiger partial charge in [0.05, 0.1) is 7.11 Å². The molecule has 40 heavy (non-hydrogen) atoms. The number of carbonyl (C=O) groups is 1. The molecule has 0 aromatic heterocycles. The Bertz CT molecular complexity index is 1110. The predicted molar refractivity (Wildman–Crippen MR) is 163 cm³/mol. The Hall–Kier alpha value is -2.99. The molecule has 1 aromatic rings. The highest BCUT2D eigenvalue weighted by Gasteiger charge is 2.42. The number of ether oxygens (including phenoxy) is 2. The van der Waals surface area contributed by atoms with Crippen LogP contribution in [-0.4, -0.2) is 67.9 Å². The van der Waals surface area contributed by atoms with Crippen LogP contribution >= 0.6 is 0 Å². The summed E-state index contributed by atoms with van der Waals surface area (Å²) in [7, 11) is 1.72. The molecule has 1 amide bonds. The molecule has 4 aliphatic rings. The molecule has 3 heterocycles. The van der Waals surface area contributed by atoms with Crippen molar-refractivity contribution < 1.29 is 14.3 Å². The van der Waals surface area contributed by atoms with E-state index in [-0.39, 0.29) is 6.09 Å². The number of rotatable bonds is 4. The third kappa shape index (κ3) is 7.60. The highest BCUT2D eigenvalue weighted by molar-refractivity contribution is 5.68. The van der Waals surface area contributed by atoms with E-state index in [1.807, 2.05) is 31.7 Å². The first-order valence-corrected chi connectivity index (χ1v) is 14.9. The lowest BCUT2D eigenvalue weighted by atomic mass is 9.76. The van der Waals surface area contributed by atoms with Crippen LogP contribution in [-0.2, 0) is 9.47 Å². The topological polar surface area (TPSA) is 54.0 Å². The fraction of sp³-hybridized carbons (Fsp3) is 0.559. The molecule has 3 saturated heterocycles. The zero-order chi connectivity index (χ0) is 28.8. The first-order chi connectivity index (χ1) is 19.1. The van der Waals surface area contributed by atoms with Crippen molar-refractivity contribution in [1.82, 2.24) is 15.1 Å². The summed E-state index contributed by atoms with van der Waals surface area (Å²) in [5.74, 6) is 1.81. The van der Waals surface area contributed by atoms with Crippen LogP contribution in [0.4, 0.5) is 4.79 Å². The zero-order valence-electron chi connectivity index (χ0n) is 25.2. The summed E-state index contributed by atoms with van der Waals surface area (Å²) in [6.45, 7) is 18.3. The summed E-state index contributed by atoms with van der Waals surface area (Å²) >= 11 is 0. The van der Waals surface area contributed by atoms with E-state index < -0.39 is 5.60 Å². The Morgan fingerprint density at radius 2 is 1.82 bits per heavy atom. The van der Waals surface area contributed by atoms with Crippen molar-refractivity contribution >= 4 is 6.09 Å². The molecule has 2 atom stereocenters. The maximum absolute atomic E-state index is 12.1. The molecule has 3 aliphatic heterocycles. The largest absolute Gasteiger partial charge is 0.497 e. The Kier molecular flexibility index (Phi) is 9.83. The summed E-state index contributed by atoms with van der Waals surface area (Å²) in [5, 5.41) is 3.47. The van der Waals surface area contributed by atoms with Gasteiger partial charge in [0, 0.05) is 43.2 Å². The molecule has 0 radical (unpaired) electrons. The first kappa shape index (κ1) is 30.0. The van der Waals surface area contributed by atoms with E-state index in [0.29, 0.717) is 17.3 Å². The van der Waals surface area contributed by atoms with Crippen molar-refractivity contribution in [3.63, 3.8) is 0 Å². The molecular formula is C34H49N3O3. The minimum absolute atomic E-state index is 0.196. The average molecular weight is 548 g/mol. The Morgan fingerprint density at radius 1 is 1.10 bits per heavy atom. The van der Waals surface area contributed by atoms with E-state index in [4.69, 9.17) is 9.47 Å². The summed E-state index contributed by atoms with van der Waals surface area (Å²) in [6.07, 6.45) is 13.1. The lowest BCUT2D eigenvalue weighted by molar-refractivity contribution is 0.0287. The number of methoxy groups -OCH3 is 1. The van der Waals surface area contributed by atoms with E-state index in [1.54, 1.807) is 7.11 Å². The highest BCUT2D eigenvalue weighted by atomic mass is 16.6. The molecule has 3 fully saturated rings. The van der Waals surface area contributed by atoms with Crippen molar-refractivity contribution in [3.05, 3.63) is 83.8 Å². The molecule has 1 aromatic carbocycles. The highest BCUT2D eigenvalue weighted by Crippen LogP contribution is 2.46. The van der Waals surface area contributed by atoms with E-state index in [0.717, 1.165) is 51.4 Å². The Morgan fingerprint density at radius 3 is 2.50 bits per heavy atom. The van der Waals surface area contributed by atoms with Gasteiger partial charge in [-0.05, 0) is 88.8 Å². The second-order valence-electron chi connectivity index (χ2n) is 12.7. The third-order valence-electron chi connectivity index (χ3n) is 8.68. The number of likely N-dealkylation sites (tertiary alicyclic amines) is 2. The van der Waals surface area contributed by atoms with Gasteiger partial charge >= 0.3 is 6.09 Å². The van der Waals surface area contributed by atoms with Crippen molar-refractivity contribution in [2.24, 2.45) is 11.3 Å². The van der Waals surface area contributed by atoms with Crippen molar-refractivity contribution in [2.75, 3.05) is 46.4 Å². The van der Waals surface area contributed by atoms with Gasteiger partial charge in [-0.3, -0.25) is 0 Å². The standard InChI is InChI=1S/C18H26N2O.C16H23NO2/c1-15-18(8-11-19-12-9-18)10-13-20(15)14-16-4-3-5-17(21-2)7-6-16;1-12-10-17(15(18)19-16(2,3)4)11-14(12)13-8-6-5-7-9-13/h3,5-7,19H,1,4,8-14H2,2H3;5-9,12,14H,10-11H2,1-4H3/t;12-,14-/m.0/s1. The average Bonchev–Trinajstić information content (AvgIpc) is 3.35. The first-order valence-electron chi connectivity index (χ1n) is 14.9. The van der Waals surface area contributed by atoms with Gasteiger partial charge in [0.15, 0.2) is 0 Å². The van der Waals surface area contributed by atoms with Crippen LogP contribution in [0.2, 0.25) is 0 Å². The van der Waals surface area contributed by atoms with Crippen LogP contribution in [0.3, 0.4) is 0 Å². The molecule has 5 rings (SSSR count). The number of benzene rings is 1. The number of hydrogen-bond acceptors (Lipinski definition) is 5. The van der Waals surface area contributed by atoms with Gasteiger partial charge in [-0.15, -0.1) is 0 Å². The van der Waals surface area contributed by atoms with E-state index in [2.05, 4.69) is 72.3 Å². The minimum atomic E-state index is -0.425. The maximum atomic E-state index is 12.1. The summed E-state index contributed by atoms with van der Waals surface area (Å²) < 4.78 is 10.7. The van der Waals surface area contributed by atoms with Crippen molar-refractivity contribution in [1.29, 1.82) is 0 Å². The van der Waals surface area contributed by atoms with Gasteiger partial charge in [0.1, 0.15) is 11.4 Å². The van der Waals surface area contributed by atoms with Crippen LogP contribution in [0.25, 0.3) is 0 Å². The summed E-state index contributed by atoms with van der Waals surface area (Å²) in [4.78, 5) is 16.4. The lowest BCUT2D eigenvalue weighted by Crippen LogP contribution is -2.37. The predicted octanol–water partition coefficient (Wildman–Crippen LogP) is 6.65. The number of carbonyl (C=O) groups excluding carboxylic acids is 1. The Labute approximate surface area is 241 Å². The quantitative estimate of drug-likeness (QED) is 0.457. The molecule has 6 heteroatoms. The second kappa shape index (κ2) is 13.1. The van der Waals surface area contributed by atoms with Crippen LogP contribution in [0.1, 0.15) is 64.9 Å². The van der Waals surface area contributed by atoms with Gasteiger partial charge in [-0.25, -0.2) is 4.79 Å². The van der Waals surface area contributed by atoms with Crippen molar-refractivity contribution in [2.45, 2.75) is 64.9 Å². The molecule has 0 unspecified atom stereocenters. The third-order valence-corrected chi connectivity index (χ3v) is 8.68. The van der Waals surface area contributed by atoms with Crippen LogP contribution in [0, 0.1) is 11.3 Å². The fourth-order valence-electron chi connectivity index (χ4n) is 6.31. The zero-order valence-corrected chi connectivity index (χ0v) is 25.2. The number of hydrogen-bond donors (Lipinski definition) is 1.